The summed E-state index contributed by atoms with van der Waals surface area (Å²) in [6, 6.07) is 0. The lowest BCUT2D eigenvalue weighted by Gasteiger charge is -2.38. The largest absolute Gasteiger partial charge is 0.316 e. The maximum absolute atomic E-state index is 3.65. The van der Waals surface area contributed by atoms with E-state index in [4.69, 9.17) is 0 Å². The molecule has 0 bridgehead atoms. The van der Waals surface area contributed by atoms with Crippen LogP contribution in [0.1, 0.15) is 48.0 Å². The smallest absolute Gasteiger partial charge is 0.00152 e. The molecule has 0 saturated carbocycles. The number of hydrogen-bond acceptors (Lipinski definition) is 1. The molecule has 1 N–H and O–H groups in total. The minimum Gasteiger partial charge on any atom is -0.316 e. The molecule has 1 heteroatoms. The van der Waals surface area contributed by atoms with Gasteiger partial charge in [0.1, 0.15) is 0 Å². The SMILES string of the molecule is CC(C)C1CCNCC(C(C)C)C1C(C)C. The molecule has 1 nitrogen and oxygen atoms in total. The highest BCUT2D eigenvalue weighted by atomic mass is 14.9. The van der Waals surface area contributed by atoms with Crippen LogP contribution in [0.15, 0.2) is 0 Å². The Kier molecular flexibility index (Phi) is 5.30. The molecule has 0 aromatic rings. The standard InChI is InChI=1S/C15H31N/c1-10(2)13-7-8-16-9-14(11(3)4)15(13)12(5)6/h10-16H,7-9H2,1-6H3. The first kappa shape index (κ1) is 14.0. The average molecular weight is 225 g/mol. The van der Waals surface area contributed by atoms with Crippen molar-refractivity contribution in [3.63, 3.8) is 0 Å². The van der Waals surface area contributed by atoms with E-state index in [1.165, 1.54) is 19.5 Å². The molecule has 0 aromatic heterocycles. The minimum atomic E-state index is 0.805. The van der Waals surface area contributed by atoms with E-state index in [-0.39, 0.29) is 0 Å². The Labute approximate surface area is 102 Å². The summed E-state index contributed by atoms with van der Waals surface area (Å²) in [6.45, 7) is 16.9. The molecule has 16 heavy (non-hydrogen) atoms. The maximum Gasteiger partial charge on any atom is -0.00152 e. The molecule has 1 aliphatic heterocycles. The minimum absolute atomic E-state index is 0.805. The summed E-state index contributed by atoms with van der Waals surface area (Å²) in [7, 11) is 0. The van der Waals surface area contributed by atoms with Crippen LogP contribution in [-0.4, -0.2) is 13.1 Å². The number of nitrogens with one attached hydrogen (secondary N) is 1. The molecule has 0 aromatic carbocycles. The molecule has 1 saturated heterocycles. The van der Waals surface area contributed by atoms with Gasteiger partial charge in [-0.3, -0.25) is 0 Å². The topological polar surface area (TPSA) is 12.0 Å². The zero-order valence-corrected chi connectivity index (χ0v) is 12.1. The highest BCUT2D eigenvalue weighted by molar-refractivity contribution is 4.87. The Balaban J connectivity index is 2.89. The highest BCUT2D eigenvalue weighted by Crippen LogP contribution is 2.39. The van der Waals surface area contributed by atoms with Crippen molar-refractivity contribution in [3.05, 3.63) is 0 Å². The summed E-state index contributed by atoms with van der Waals surface area (Å²) in [5.74, 6) is 5.11. The van der Waals surface area contributed by atoms with Crippen molar-refractivity contribution in [1.82, 2.24) is 5.32 Å². The van der Waals surface area contributed by atoms with Crippen molar-refractivity contribution < 1.29 is 0 Å². The first-order valence-corrected chi connectivity index (χ1v) is 7.15. The van der Waals surface area contributed by atoms with Crippen LogP contribution in [0.25, 0.3) is 0 Å². The fourth-order valence-corrected chi connectivity index (χ4v) is 3.63. The first-order chi connectivity index (χ1) is 7.45. The molecule has 0 aliphatic carbocycles. The normalized spacial score (nSPS) is 32.4. The Hall–Kier alpha value is -0.0400. The Morgan fingerprint density at radius 2 is 1.38 bits per heavy atom. The van der Waals surface area contributed by atoms with Gasteiger partial charge in [-0.2, -0.15) is 0 Å². The van der Waals surface area contributed by atoms with Gasteiger partial charge in [-0.05, 0) is 55.0 Å². The summed E-state index contributed by atoms with van der Waals surface area (Å²) in [5, 5.41) is 3.65. The van der Waals surface area contributed by atoms with Crippen molar-refractivity contribution in [1.29, 1.82) is 0 Å². The van der Waals surface area contributed by atoms with E-state index >= 15 is 0 Å². The van der Waals surface area contributed by atoms with Crippen LogP contribution in [-0.2, 0) is 0 Å². The van der Waals surface area contributed by atoms with Crippen LogP contribution < -0.4 is 5.32 Å². The van der Waals surface area contributed by atoms with Crippen LogP contribution in [0.2, 0.25) is 0 Å². The van der Waals surface area contributed by atoms with Gasteiger partial charge in [0.25, 0.3) is 0 Å². The van der Waals surface area contributed by atoms with Crippen LogP contribution >= 0.6 is 0 Å². The number of rotatable bonds is 3. The van der Waals surface area contributed by atoms with Gasteiger partial charge < -0.3 is 5.32 Å². The van der Waals surface area contributed by atoms with E-state index < -0.39 is 0 Å². The molecule has 96 valence electrons. The third kappa shape index (κ3) is 3.23. The molecule has 0 amide bonds. The average Bonchev–Trinajstić information content (AvgIpc) is 2.38. The van der Waals surface area contributed by atoms with Crippen LogP contribution in [0.5, 0.6) is 0 Å². The molecule has 3 unspecified atom stereocenters. The molecule has 1 rings (SSSR count). The third-order valence-electron chi connectivity index (χ3n) is 4.51. The van der Waals surface area contributed by atoms with E-state index in [1.54, 1.807) is 0 Å². The zero-order chi connectivity index (χ0) is 12.3. The quantitative estimate of drug-likeness (QED) is 0.770. The molecular weight excluding hydrogens is 194 g/mol. The van der Waals surface area contributed by atoms with E-state index in [0.717, 1.165) is 35.5 Å². The summed E-state index contributed by atoms with van der Waals surface area (Å²) < 4.78 is 0. The van der Waals surface area contributed by atoms with Crippen LogP contribution in [0.3, 0.4) is 0 Å². The van der Waals surface area contributed by atoms with Crippen molar-refractivity contribution in [2.45, 2.75) is 48.0 Å². The Morgan fingerprint density at radius 1 is 0.812 bits per heavy atom. The van der Waals surface area contributed by atoms with Crippen molar-refractivity contribution in [2.75, 3.05) is 13.1 Å². The molecule has 0 spiro atoms. The van der Waals surface area contributed by atoms with E-state index in [1.807, 2.05) is 0 Å². The predicted octanol–water partition coefficient (Wildman–Crippen LogP) is 3.80. The highest BCUT2D eigenvalue weighted by Gasteiger charge is 2.36. The van der Waals surface area contributed by atoms with Gasteiger partial charge in [0.2, 0.25) is 0 Å². The van der Waals surface area contributed by atoms with Gasteiger partial charge >= 0.3 is 0 Å². The third-order valence-corrected chi connectivity index (χ3v) is 4.51. The van der Waals surface area contributed by atoms with Gasteiger partial charge in [-0.25, -0.2) is 0 Å². The lowest BCUT2D eigenvalue weighted by Crippen LogP contribution is -2.35. The maximum atomic E-state index is 3.65. The lowest BCUT2D eigenvalue weighted by molar-refractivity contribution is 0.107. The van der Waals surface area contributed by atoms with Crippen LogP contribution in [0, 0.1) is 35.5 Å². The first-order valence-electron chi connectivity index (χ1n) is 7.15. The molecule has 1 aliphatic rings. The fraction of sp³-hybridized carbons (Fsp3) is 1.00. The van der Waals surface area contributed by atoms with Gasteiger partial charge in [0.15, 0.2) is 0 Å². The summed E-state index contributed by atoms with van der Waals surface area (Å²) >= 11 is 0. The fourth-order valence-electron chi connectivity index (χ4n) is 3.63. The van der Waals surface area contributed by atoms with E-state index in [9.17, 15) is 0 Å². The second-order valence-electron chi connectivity index (χ2n) is 6.63. The predicted molar refractivity (Wildman–Crippen MR) is 72.5 cm³/mol. The van der Waals surface area contributed by atoms with Crippen molar-refractivity contribution in [3.8, 4) is 0 Å². The molecular formula is C15H31N. The van der Waals surface area contributed by atoms with E-state index in [2.05, 4.69) is 46.9 Å². The summed E-state index contributed by atoms with van der Waals surface area (Å²) in [6.07, 6.45) is 1.36. The molecule has 3 atom stereocenters. The molecule has 1 heterocycles. The summed E-state index contributed by atoms with van der Waals surface area (Å²) in [4.78, 5) is 0. The van der Waals surface area contributed by atoms with Crippen LogP contribution in [0.4, 0.5) is 0 Å². The van der Waals surface area contributed by atoms with Gasteiger partial charge in [-0.15, -0.1) is 0 Å². The zero-order valence-electron chi connectivity index (χ0n) is 12.1. The molecule has 1 fully saturated rings. The van der Waals surface area contributed by atoms with Crippen molar-refractivity contribution >= 4 is 0 Å². The Morgan fingerprint density at radius 3 is 1.81 bits per heavy atom. The molecule has 0 radical (unpaired) electrons. The van der Waals surface area contributed by atoms with Gasteiger partial charge in [0, 0.05) is 0 Å². The monoisotopic (exact) mass is 225 g/mol. The van der Waals surface area contributed by atoms with Crippen molar-refractivity contribution in [2.24, 2.45) is 35.5 Å². The van der Waals surface area contributed by atoms with E-state index in [0.29, 0.717) is 0 Å². The van der Waals surface area contributed by atoms with Gasteiger partial charge in [0.05, 0.1) is 0 Å². The van der Waals surface area contributed by atoms with Gasteiger partial charge in [-0.1, -0.05) is 41.5 Å². The second kappa shape index (κ2) is 6.05. The Bertz CT molecular complexity index is 178. The number of hydrogen-bond donors (Lipinski definition) is 1. The lowest BCUT2D eigenvalue weighted by atomic mass is 9.67. The second-order valence-corrected chi connectivity index (χ2v) is 6.63. The summed E-state index contributed by atoms with van der Waals surface area (Å²) in [5.41, 5.74) is 0.